The normalized spacial score (nSPS) is 20.1. The number of likely N-dealkylation sites (tertiary alicyclic amines) is 1. The second kappa shape index (κ2) is 5.67. The molecule has 1 atom stereocenters. The molecule has 20 heavy (non-hydrogen) atoms. The van der Waals surface area contributed by atoms with Crippen LogP contribution in [0.5, 0.6) is 5.75 Å². The Morgan fingerprint density at radius 2 is 2.30 bits per heavy atom. The molecule has 1 N–H and O–H groups in total. The number of aromatic nitrogens is 1. The van der Waals surface area contributed by atoms with Crippen LogP contribution in [0.4, 0.5) is 0 Å². The molecule has 0 amide bonds. The first-order valence-corrected chi connectivity index (χ1v) is 7.26. The lowest BCUT2D eigenvalue weighted by atomic mass is 10.1. The Balaban J connectivity index is 1.79. The van der Waals surface area contributed by atoms with Crippen molar-refractivity contribution in [1.29, 1.82) is 0 Å². The van der Waals surface area contributed by atoms with Gasteiger partial charge in [0.1, 0.15) is 11.9 Å². The smallest absolute Gasteiger partial charge is 0.255 e. The highest BCUT2D eigenvalue weighted by atomic mass is 16.5. The van der Waals surface area contributed by atoms with Crippen molar-refractivity contribution in [1.82, 2.24) is 9.88 Å². The number of H-pyrrole nitrogens is 1. The summed E-state index contributed by atoms with van der Waals surface area (Å²) in [5.74, 6) is 0.853. The number of fused-ring (bicyclic) bond motifs is 1. The van der Waals surface area contributed by atoms with Gasteiger partial charge in [-0.3, -0.25) is 9.69 Å². The van der Waals surface area contributed by atoms with Crippen molar-refractivity contribution in [2.24, 2.45) is 0 Å². The van der Waals surface area contributed by atoms with Gasteiger partial charge in [-0.15, -0.1) is 0 Å². The molecule has 106 valence electrons. The van der Waals surface area contributed by atoms with E-state index in [0.717, 1.165) is 30.6 Å². The van der Waals surface area contributed by atoms with Crippen LogP contribution < -0.4 is 10.3 Å². The molecule has 2 aromatic rings. The van der Waals surface area contributed by atoms with Gasteiger partial charge in [-0.1, -0.05) is 6.92 Å². The second-order valence-corrected chi connectivity index (χ2v) is 5.33. The van der Waals surface area contributed by atoms with Crippen molar-refractivity contribution in [2.75, 3.05) is 19.6 Å². The number of hydrogen-bond donors (Lipinski definition) is 1. The van der Waals surface area contributed by atoms with E-state index in [1.54, 1.807) is 6.20 Å². The molecule has 2 heterocycles. The van der Waals surface area contributed by atoms with Gasteiger partial charge >= 0.3 is 0 Å². The van der Waals surface area contributed by atoms with Gasteiger partial charge in [-0.2, -0.15) is 0 Å². The van der Waals surface area contributed by atoms with Crippen LogP contribution in [0.25, 0.3) is 10.8 Å². The van der Waals surface area contributed by atoms with Crippen molar-refractivity contribution < 1.29 is 4.74 Å². The van der Waals surface area contributed by atoms with Crippen molar-refractivity contribution in [3.05, 3.63) is 40.8 Å². The van der Waals surface area contributed by atoms with Crippen LogP contribution in [-0.4, -0.2) is 35.6 Å². The van der Waals surface area contributed by atoms with Gasteiger partial charge < -0.3 is 9.72 Å². The molecule has 4 heteroatoms. The third kappa shape index (κ3) is 2.70. The number of nitrogens with one attached hydrogen (secondary N) is 1. The molecule has 1 aliphatic rings. The summed E-state index contributed by atoms with van der Waals surface area (Å²) < 4.78 is 6.08. The van der Waals surface area contributed by atoms with Gasteiger partial charge in [-0.25, -0.2) is 0 Å². The summed E-state index contributed by atoms with van der Waals surface area (Å²) in [6.07, 6.45) is 4.21. The van der Waals surface area contributed by atoms with E-state index < -0.39 is 0 Å². The fourth-order valence-corrected chi connectivity index (χ4v) is 2.83. The van der Waals surface area contributed by atoms with E-state index in [1.165, 1.54) is 13.0 Å². The van der Waals surface area contributed by atoms with Crippen molar-refractivity contribution >= 4 is 10.8 Å². The topological polar surface area (TPSA) is 45.3 Å². The maximum atomic E-state index is 11.7. The lowest BCUT2D eigenvalue weighted by molar-refractivity contribution is 0.0921. The molecule has 1 fully saturated rings. The Morgan fingerprint density at radius 3 is 3.15 bits per heavy atom. The molecule has 1 saturated heterocycles. The van der Waals surface area contributed by atoms with Gasteiger partial charge in [0.25, 0.3) is 5.56 Å². The molecule has 4 nitrogen and oxygen atoms in total. The number of likely N-dealkylation sites (N-methyl/N-ethyl adjacent to an activating group) is 1. The summed E-state index contributed by atoms with van der Waals surface area (Å²) in [5.41, 5.74) is -0.0520. The van der Waals surface area contributed by atoms with Gasteiger partial charge in [0.2, 0.25) is 0 Å². The number of nitrogens with zero attached hydrogens (tertiary/aromatic N) is 1. The number of benzene rings is 1. The summed E-state index contributed by atoms with van der Waals surface area (Å²) in [4.78, 5) is 16.8. The fraction of sp³-hybridized carbons (Fsp3) is 0.438. The predicted octanol–water partition coefficient (Wildman–Crippen LogP) is 2.39. The van der Waals surface area contributed by atoms with Crippen LogP contribution in [0.15, 0.2) is 35.3 Å². The number of aromatic amines is 1. The largest absolute Gasteiger partial charge is 0.489 e. The monoisotopic (exact) mass is 272 g/mol. The number of piperidine rings is 1. The minimum Gasteiger partial charge on any atom is -0.489 e. The predicted molar refractivity (Wildman–Crippen MR) is 80.3 cm³/mol. The quantitative estimate of drug-likeness (QED) is 0.933. The third-order valence-electron chi connectivity index (χ3n) is 3.96. The summed E-state index contributed by atoms with van der Waals surface area (Å²) >= 11 is 0. The SMILES string of the molecule is CCN1CCCC(Oc2ccc3c(=O)[nH]ccc3c2)C1. The van der Waals surface area contributed by atoms with Crippen molar-refractivity contribution in [2.45, 2.75) is 25.9 Å². The molecule has 3 rings (SSSR count). The first-order valence-electron chi connectivity index (χ1n) is 7.26. The number of hydrogen-bond acceptors (Lipinski definition) is 3. The highest BCUT2D eigenvalue weighted by Crippen LogP contribution is 2.22. The summed E-state index contributed by atoms with van der Waals surface area (Å²) in [6.45, 7) is 5.42. The van der Waals surface area contributed by atoms with E-state index in [1.807, 2.05) is 24.3 Å². The minimum atomic E-state index is -0.0520. The molecule has 0 saturated carbocycles. The Hall–Kier alpha value is -1.81. The molecule has 1 unspecified atom stereocenters. The summed E-state index contributed by atoms with van der Waals surface area (Å²) in [6, 6.07) is 7.59. The van der Waals surface area contributed by atoms with E-state index in [2.05, 4.69) is 16.8 Å². The van der Waals surface area contributed by atoms with Gasteiger partial charge in [0, 0.05) is 18.1 Å². The van der Waals surface area contributed by atoms with Gasteiger partial charge in [0.05, 0.1) is 0 Å². The molecule has 0 bridgehead atoms. The fourth-order valence-electron chi connectivity index (χ4n) is 2.83. The lowest BCUT2D eigenvalue weighted by Gasteiger charge is -2.32. The zero-order valence-corrected chi connectivity index (χ0v) is 11.8. The van der Waals surface area contributed by atoms with E-state index in [4.69, 9.17) is 4.74 Å². The maximum Gasteiger partial charge on any atom is 0.255 e. The van der Waals surface area contributed by atoms with Gasteiger partial charge in [-0.05, 0) is 55.6 Å². The van der Waals surface area contributed by atoms with Crippen LogP contribution in [0.2, 0.25) is 0 Å². The molecular weight excluding hydrogens is 252 g/mol. The van der Waals surface area contributed by atoms with Gasteiger partial charge in [0.15, 0.2) is 0 Å². The van der Waals surface area contributed by atoms with Crippen LogP contribution in [-0.2, 0) is 0 Å². The molecule has 1 aromatic carbocycles. The molecular formula is C16H20N2O2. The van der Waals surface area contributed by atoms with E-state index >= 15 is 0 Å². The molecule has 1 aliphatic heterocycles. The Kier molecular flexibility index (Phi) is 3.74. The summed E-state index contributed by atoms with van der Waals surface area (Å²) in [5, 5.41) is 1.63. The molecule has 0 aliphatic carbocycles. The van der Waals surface area contributed by atoms with Crippen molar-refractivity contribution in [3.8, 4) is 5.75 Å². The summed E-state index contributed by atoms with van der Waals surface area (Å²) in [7, 11) is 0. The number of pyridine rings is 1. The lowest BCUT2D eigenvalue weighted by Crippen LogP contribution is -2.40. The average Bonchev–Trinajstić information content (AvgIpc) is 2.47. The zero-order valence-electron chi connectivity index (χ0n) is 11.8. The molecule has 0 radical (unpaired) electrons. The zero-order chi connectivity index (χ0) is 13.9. The molecule has 1 aromatic heterocycles. The maximum absolute atomic E-state index is 11.7. The highest BCUT2D eigenvalue weighted by molar-refractivity contribution is 5.82. The highest BCUT2D eigenvalue weighted by Gasteiger charge is 2.20. The second-order valence-electron chi connectivity index (χ2n) is 5.33. The van der Waals surface area contributed by atoms with E-state index in [-0.39, 0.29) is 11.7 Å². The van der Waals surface area contributed by atoms with Crippen LogP contribution in [0.3, 0.4) is 0 Å². The Morgan fingerprint density at radius 1 is 1.40 bits per heavy atom. The van der Waals surface area contributed by atoms with E-state index in [9.17, 15) is 4.79 Å². The van der Waals surface area contributed by atoms with Crippen LogP contribution >= 0.6 is 0 Å². The first-order chi connectivity index (χ1) is 9.76. The Bertz CT molecular complexity index is 650. The first kappa shape index (κ1) is 13.2. The number of ether oxygens (including phenoxy) is 1. The third-order valence-corrected chi connectivity index (χ3v) is 3.96. The number of rotatable bonds is 3. The van der Waals surface area contributed by atoms with E-state index in [0.29, 0.717) is 5.39 Å². The van der Waals surface area contributed by atoms with Crippen LogP contribution in [0.1, 0.15) is 19.8 Å². The van der Waals surface area contributed by atoms with Crippen molar-refractivity contribution in [3.63, 3.8) is 0 Å². The average molecular weight is 272 g/mol. The van der Waals surface area contributed by atoms with Crippen LogP contribution in [0, 0.1) is 0 Å². The minimum absolute atomic E-state index is 0.0520. The Labute approximate surface area is 118 Å². The molecule has 0 spiro atoms. The standard InChI is InChI=1S/C16H20N2O2/c1-2-18-9-3-4-14(11-18)20-13-5-6-15-12(10-13)7-8-17-16(15)19/h5-8,10,14H,2-4,9,11H2,1H3,(H,17,19).